The highest BCUT2D eigenvalue weighted by molar-refractivity contribution is 9.10. The summed E-state index contributed by atoms with van der Waals surface area (Å²) in [6.45, 7) is 0.595. The Balaban J connectivity index is 1.58. The molecule has 0 atom stereocenters. The third-order valence-corrected chi connectivity index (χ3v) is 4.80. The van der Waals surface area contributed by atoms with Crippen LogP contribution in [-0.2, 0) is 6.42 Å². The molecule has 4 rings (SSSR count). The first-order chi connectivity index (χ1) is 12.6. The Morgan fingerprint density at radius 3 is 2.73 bits per heavy atom. The van der Waals surface area contributed by atoms with Gasteiger partial charge in [-0.3, -0.25) is 9.59 Å². The Morgan fingerprint density at radius 2 is 1.96 bits per heavy atom. The molecule has 5 nitrogen and oxygen atoms in total. The number of benzene rings is 2. The molecule has 0 radical (unpaired) electrons. The molecule has 1 N–H and O–H groups in total. The van der Waals surface area contributed by atoms with E-state index in [2.05, 4.69) is 21.2 Å². The first kappa shape index (κ1) is 16.6. The summed E-state index contributed by atoms with van der Waals surface area (Å²) in [6, 6.07) is 16.2. The van der Waals surface area contributed by atoms with E-state index in [0.717, 1.165) is 22.1 Å². The van der Waals surface area contributed by atoms with E-state index in [1.807, 2.05) is 30.3 Å². The number of furan rings is 1. The standard InChI is InChI=1S/C20H15BrN2O3/c21-15-4-1-3-14(11-15)19(24)22-16-7-6-13-8-9-23(17(13)12-16)20(25)18-5-2-10-26-18/h1-7,10-12H,8-9H2,(H,22,24). The fourth-order valence-electron chi connectivity index (χ4n) is 3.03. The van der Waals surface area contributed by atoms with Crippen molar-refractivity contribution in [2.45, 2.75) is 6.42 Å². The molecule has 0 unspecified atom stereocenters. The molecule has 0 fully saturated rings. The fourth-order valence-corrected chi connectivity index (χ4v) is 3.43. The summed E-state index contributed by atoms with van der Waals surface area (Å²) in [5.41, 5.74) is 3.08. The van der Waals surface area contributed by atoms with Gasteiger partial charge in [-0.25, -0.2) is 0 Å². The van der Waals surface area contributed by atoms with Crippen LogP contribution in [0.15, 0.2) is 69.8 Å². The molecule has 1 aromatic heterocycles. The monoisotopic (exact) mass is 410 g/mol. The first-order valence-electron chi connectivity index (χ1n) is 8.17. The molecule has 0 aliphatic carbocycles. The average Bonchev–Trinajstić information content (AvgIpc) is 3.31. The lowest BCUT2D eigenvalue weighted by Gasteiger charge is -2.17. The van der Waals surface area contributed by atoms with Gasteiger partial charge < -0.3 is 14.6 Å². The number of rotatable bonds is 3. The Kier molecular flexibility index (Phi) is 4.34. The molecule has 2 heterocycles. The van der Waals surface area contributed by atoms with Gasteiger partial charge in [-0.15, -0.1) is 0 Å². The van der Waals surface area contributed by atoms with Crippen molar-refractivity contribution >= 4 is 39.1 Å². The maximum atomic E-state index is 12.6. The highest BCUT2D eigenvalue weighted by Gasteiger charge is 2.27. The summed E-state index contributed by atoms with van der Waals surface area (Å²) in [5, 5.41) is 2.89. The number of halogens is 1. The van der Waals surface area contributed by atoms with Crippen molar-refractivity contribution in [3.63, 3.8) is 0 Å². The Labute approximate surface area is 158 Å². The van der Waals surface area contributed by atoms with Gasteiger partial charge in [-0.1, -0.05) is 28.1 Å². The summed E-state index contributed by atoms with van der Waals surface area (Å²) in [4.78, 5) is 26.7. The van der Waals surface area contributed by atoms with Crippen LogP contribution in [0, 0.1) is 0 Å². The van der Waals surface area contributed by atoms with E-state index in [0.29, 0.717) is 23.6 Å². The van der Waals surface area contributed by atoms with E-state index in [1.165, 1.54) is 6.26 Å². The zero-order valence-electron chi connectivity index (χ0n) is 13.7. The molecule has 0 saturated heterocycles. The third-order valence-electron chi connectivity index (χ3n) is 4.30. The second kappa shape index (κ2) is 6.80. The predicted octanol–water partition coefficient (Wildman–Crippen LogP) is 4.50. The van der Waals surface area contributed by atoms with Crippen LogP contribution in [0.1, 0.15) is 26.5 Å². The molecule has 2 amide bonds. The number of hydrogen-bond acceptors (Lipinski definition) is 3. The van der Waals surface area contributed by atoms with Gasteiger partial charge in [0.15, 0.2) is 5.76 Å². The molecule has 26 heavy (non-hydrogen) atoms. The van der Waals surface area contributed by atoms with E-state index in [1.54, 1.807) is 29.2 Å². The van der Waals surface area contributed by atoms with E-state index >= 15 is 0 Å². The van der Waals surface area contributed by atoms with Gasteiger partial charge in [-0.2, -0.15) is 0 Å². The minimum atomic E-state index is -0.201. The molecule has 0 bridgehead atoms. The second-order valence-electron chi connectivity index (χ2n) is 5.99. The molecule has 0 spiro atoms. The van der Waals surface area contributed by atoms with Crippen molar-refractivity contribution in [3.05, 3.63) is 82.2 Å². The zero-order valence-corrected chi connectivity index (χ0v) is 15.3. The Morgan fingerprint density at radius 1 is 1.08 bits per heavy atom. The topological polar surface area (TPSA) is 62.6 Å². The quantitative estimate of drug-likeness (QED) is 0.691. The van der Waals surface area contributed by atoms with Gasteiger partial charge >= 0.3 is 0 Å². The van der Waals surface area contributed by atoms with Gasteiger partial charge in [0.1, 0.15) is 0 Å². The number of nitrogens with zero attached hydrogens (tertiary/aromatic N) is 1. The van der Waals surface area contributed by atoms with Crippen LogP contribution in [0.2, 0.25) is 0 Å². The number of carbonyl (C=O) groups is 2. The number of fused-ring (bicyclic) bond motifs is 1. The average molecular weight is 411 g/mol. The first-order valence-corrected chi connectivity index (χ1v) is 8.96. The van der Waals surface area contributed by atoms with Crippen molar-refractivity contribution in [1.29, 1.82) is 0 Å². The van der Waals surface area contributed by atoms with Crippen molar-refractivity contribution in [2.24, 2.45) is 0 Å². The second-order valence-corrected chi connectivity index (χ2v) is 6.91. The van der Waals surface area contributed by atoms with Crippen LogP contribution in [0.3, 0.4) is 0 Å². The Hall–Kier alpha value is -2.86. The van der Waals surface area contributed by atoms with Gasteiger partial charge in [0, 0.05) is 28.0 Å². The number of amides is 2. The van der Waals surface area contributed by atoms with Crippen LogP contribution in [0.4, 0.5) is 11.4 Å². The maximum absolute atomic E-state index is 12.6. The summed E-state index contributed by atoms with van der Waals surface area (Å²) in [6.07, 6.45) is 2.26. The van der Waals surface area contributed by atoms with E-state index in [9.17, 15) is 9.59 Å². The molecular formula is C20H15BrN2O3. The highest BCUT2D eigenvalue weighted by Crippen LogP contribution is 2.32. The van der Waals surface area contributed by atoms with Crippen LogP contribution in [-0.4, -0.2) is 18.4 Å². The van der Waals surface area contributed by atoms with E-state index in [-0.39, 0.29) is 11.8 Å². The van der Waals surface area contributed by atoms with Crippen LogP contribution >= 0.6 is 15.9 Å². The van der Waals surface area contributed by atoms with Crippen molar-refractivity contribution in [3.8, 4) is 0 Å². The molecule has 6 heteroatoms. The van der Waals surface area contributed by atoms with Crippen LogP contribution in [0.25, 0.3) is 0 Å². The predicted molar refractivity (Wildman–Crippen MR) is 103 cm³/mol. The summed E-state index contributed by atoms with van der Waals surface area (Å²) in [7, 11) is 0. The fraction of sp³-hybridized carbons (Fsp3) is 0.100. The molecule has 1 aliphatic heterocycles. The number of carbonyl (C=O) groups excluding carboxylic acids is 2. The van der Waals surface area contributed by atoms with Crippen LogP contribution in [0.5, 0.6) is 0 Å². The van der Waals surface area contributed by atoms with Gasteiger partial charge in [0.05, 0.1) is 6.26 Å². The molecule has 3 aromatic rings. The van der Waals surface area contributed by atoms with Crippen molar-refractivity contribution in [2.75, 3.05) is 16.8 Å². The largest absolute Gasteiger partial charge is 0.459 e. The Bertz CT molecular complexity index is 982. The lowest BCUT2D eigenvalue weighted by atomic mass is 10.1. The zero-order chi connectivity index (χ0) is 18.1. The number of hydrogen-bond donors (Lipinski definition) is 1. The lowest BCUT2D eigenvalue weighted by Crippen LogP contribution is -2.28. The van der Waals surface area contributed by atoms with Gasteiger partial charge in [0.25, 0.3) is 11.8 Å². The molecule has 2 aromatic carbocycles. The van der Waals surface area contributed by atoms with Crippen molar-refractivity contribution < 1.29 is 14.0 Å². The third kappa shape index (κ3) is 3.15. The van der Waals surface area contributed by atoms with E-state index in [4.69, 9.17) is 4.42 Å². The number of anilines is 2. The van der Waals surface area contributed by atoms with Gasteiger partial charge in [-0.05, 0) is 54.4 Å². The molecule has 0 saturated carbocycles. The molecule has 1 aliphatic rings. The lowest BCUT2D eigenvalue weighted by molar-refractivity contribution is 0.0962. The SMILES string of the molecule is O=C(Nc1ccc2c(c1)N(C(=O)c1ccco1)CC2)c1cccc(Br)c1. The summed E-state index contributed by atoms with van der Waals surface area (Å²) in [5.74, 6) is -0.0706. The summed E-state index contributed by atoms with van der Waals surface area (Å²) >= 11 is 3.37. The molecular weight excluding hydrogens is 396 g/mol. The highest BCUT2D eigenvalue weighted by atomic mass is 79.9. The number of nitrogens with one attached hydrogen (secondary N) is 1. The minimum Gasteiger partial charge on any atom is -0.459 e. The minimum absolute atomic E-state index is 0.177. The van der Waals surface area contributed by atoms with E-state index < -0.39 is 0 Å². The molecule has 130 valence electrons. The van der Waals surface area contributed by atoms with Gasteiger partial charge in [0.2, 0.25) is 0 Å². The summed E-state index contributed by atoms with van der Waals surface area (Å²) < 4.78 is 6.06. The normalized spacial score (nSPS) is 12.7. The van der Waals surface area contributed by atoms with Crippen LogP contribution < -0.4 is 10.2 Å². The maximum Gasteiger partial charge on any atom is 0.293 e. The van der Waals surface area contributed by atoms with Crippen molar-refractivity contribution in [1.82, 2.24) is 0 Å². The smallest absolute Gasteiger partial charge is 0.293 e.